The van der Waals surface area contributed by atoms with Gasteiger partial charge < -0.3 is 15.4 Å². The molecule has 0 atom stereocenters. The minimum Gasteiger partial charge on any atom is -0.492 e. The molecule has 102 valence electrons. The van der Waals surface area contributed by atoms with Gasteiger partial charge in [0.1, 0.15) is 5.75 Å². The average molecular weight is 268 g/mol. The summed E-state index contributed by atoms with van der Waals surface area (Å²) in [6.45, 7) is 5.10. The van der Waals surface area contributed by atoms with Gasteiger partial charge in [0.25, 0.3) is 0 Å². The molecule has 0 aliphatic carbocycles. The van der Waals surface area contributed by atoms with E-state index >= 15 is 0 Å². The van der Waals surface area contributed by atoms with E-state index in [-0.39, 0.29) is 0 Å². The molecule has 0 aromatic carbocycles. The van der Waals surface area contributed by atoms with Crippen molar-refractivity contribution < 1.29 is 4.74 Å². The first-order valence-electron chi connectivity index (χ1n) is 7.02. The molecule has 4 heteroatoms. The Kier molecular flexibility index (Phi) is 5.97. The van der Waals surface area contributed by atoms with Gasteiger partial charge in [-0.25, -0.2) is 0 Å². The van der Waals surface area contributed by atoms with Crippen molar-refractivity contribution in [2.75, 3.05) is 26.2 Å². The van der Waals surface area contributed by atoms with Gasteiger partial charge in [0.2, 0.25) is 0 Å². The maximum atomic E-state index is 5.79. The molecule has 1 aromatic heterocycles. The predicted molar refractivity (Wildman–Crippen MR) is 77.2 cm³/mol. The van der Waals surface area contributed by atoms with Crippen molar-refractivity contribution >= 4 is 11.3 Å². The summed E-state index contributed by atoms with van der Waals surface area (Å²) in [5, 5.41) is 2.05. The first-order valence-corrected chi connectivity index (χ1v) is 7.89. The Morgan fingerprint density at radius 2 is 2.00 bits per heavy atom. The molecule has 18 heavy (non-hydrogen) atoms. The molecule has 1 aromatic rings. The van der Waals surface area contributed by atoms with E-state index in [0.717, 1.165) is 23.7 Å². The number of thiophene rings is 1. The van der Waals surface area contributed by atoms with Crippen molar-refractivity contribution in [2.45, 2.75) is 38.6 Å². The van der Waals surface area contributed by atoms with E-state index in [1.165, 1.54) is 45.3 Å². The highest BCUT2D eigenvalue weighted by Gasteiger charge is 2.08. The third kappa shape index (κ3) is 4.26. The molecule has 2 N–H and O–H groups in total. The Hall–Kier alpha value is -0.580. The summed E-state index contributed by atoms with van der Waals surface area (Å²) in [6, 6.07) is 2.03. The van der Waals surface area contributed by atoms with E-state index in [0.29, 0.717) is 6.54 Å². The Labute approximate surface area is 114 Å². The van der Waals surface area contributed by atoms with Crippen LogP contribution in [0.15, 0.2) is 11.4 Å². The number of hydrogen-bond acceptors (Lipinski definition) is 4. The maximum Gasteiger partial charge on any atom is 0.134 e. The number of rotatable bonds is 6. The Morgan fingerprint density at radius 1 is 1.22 bits per heavy atom. The van der Waals surface area contributed by atoms with Crippen molar-refractivity contribution in [3.8, 4) is 5.75 Å². The fraction of sp³-hybridized carbons (Fsp3) is 0.714. The van der Waals surface area contributed by atoms with Gasteiger partial charge in [0.15, 0.2) is 0 Å². The highest BCUT2D eigenvalue weighted by Crippen LogP contribution is 2.24. The molecule has 0 radical (unpaired) electrons. The second-order valence-corrected chi connectivity index (χ2v) is 5.87. The summed E-state index contributed by atoms with van der Waals surface area (Å²) in [5.74, 6) is 0.985. The van der Waals surface area contributed by atoms with Gasteiger partial charge in [-0.05, 0) is 43.8 Å². The quantitative estimate of drug-likeness (QED) is 0.806. The Balaban J connectivity index is 1.63. The lowest BCUT2D eigenvalue weighted by atomic mass is 10.2. The highest BCUT2D eigenvalue weighted by molar-refractivity contribution is 7.10. The van der Waals surface area contributed by atoms with Crippen LogP contribution in [-0.4, -0.2) is 31.1 Å². The van der Waals surface area contributed by atoms with E-state index in [2.05, 4.69) is 4.90 Å². The zero-order chi connectivity index (χ0) is 12.6. The van der Waals surface area contributed by atoms with Crippen LogP contribution in [-0.2, 0) is 6.54 Å². The standard InChI is InChI=1S/C14H24N2OS/c15-12-14-13(6-11-18-14)17-10-5-9-16-7-3-1-2-4-8-16/h6,11H,1-5,7-10,12,15H2. The van der Waals surface area contributed by atoms with Crippen LogP contribution >= 0.6 is 11.3 Å². The van der Waals surface area contributed by atoms with Gasteiger partial charge in [-0.3, -0.25) is 0 Å². The van der Waals surface area contributed by atoms with Gasteiger partial charge in [0, 0.05) is 13.1 Å². The summed E-state index contributed by atoms with van der Waals surface area (Å²) in [4.78, 5) is 3.73. The predicted octanol–water partition coefficient (Wildman–Crippen LogP) is 2.85. The van der Waals surface area contributed by atoms with E-state index in [9.17, 15) is 0 Å². The molecular weight excluding hydrogens is 244 g/mol. The van der Waals surface area contributed by atoms with E-state index < -0.39 is 0 Å². The van der Waals surface area contributed by atoms with Gasteiger partial charge in [0.05, 0.1) is 11.5 Å². The lowest BCUT2D eigenvalue weighted by Crippen LogP contribution is -2.26. The smallest absolute Gasteiger partial charge is 0.134 e. The molecule has 1 fully saturated rings. The molecule has 1 saturated heterocycles. The van der Waals surface area contributed by atoms with Crippen LogP contribution in [0.25, 0.3) is 0 Å². The second-order valence-electron chi connectivity index (χ2n) is 4.87. The molecule has 2 heterocycles. The zero-order valence-electron chi connectivity index (χ0n) is 11.1. The first-order chi connectivity index (χ1) is 8.90. The van der Waals surface area contributed by atoms with Crippen molar-refractivity contribution in [1.29, 1.82) is 0 Å². The SMILES string of the molecule is NCc1sccc1OCCCN1CCCCCC1. The largest absolute Gasteiger partial charge is 0.492 e. The number of likely N-dealkylation sites (tertiary alicyclic amines) is 1. The molecule has 2 rings (SSSR count). The van der Waals surface area contributed by atoms with Crippen LogP contribution < -0.4 is 10.5 Å². The number of nitrogens with two attached hydrogens (primary N) is 1. The van der Waals surface area contributed by atoms with Crippen LogP contribution in [0.4, 0.5) is 0 Å². The third-order valence-corrected chi connectivity index (χ3v) is 4.39. The average Bonchev–Trinajstić information content (AvgIpc) is 2.69. The fourth-order valence-electron chi connectivity index (χ4n) is 2.44. The first kappa shape index (κ1) is 13.8. The molecule has 0 bridgehead atoms. The molecule has 1 aliphatic heterocycles. The number of nitrogens with zero attached hydrogens (tertiary/aromatic N) is 1. The second kappa shape index (κ2) is 7.77. The van der Waals surface area contributed by atoms with Gasteiger partial charge in [-0.2, -0.15) is 0 Å². The molecule has 0 unspecified atom stereocenters. The maximum absolute atomic E-state index is 5.79. The van der Waals surface area contributed by atoms with E-state index in [4.69, 9.17) is 10.5 Å². The van der Waals surface area contributed by atoms with Crippen LogP contribution in [0, 0.1) is 0 Å². The molecular formula is C14H24N2OS. The molecule has 1 aliphatic rings. The van der Waals surface area contributed by atoms with Gasteiger partial charge in [-0.15, -0.1) is 11.3 Å². The van der Waals surface area contributed by atoms with Crippen molar-refractivity contribution in [2.24, 2.45) is 5.73 Å². The minimum atomic E-state index is 0.582. The summed E-state index contributed by atoms with van der Waals surface area (Å²) >= 11 is 1.68. The van der Waals surface area contributed by atoms with E-state index in [1.54, 1.807) is 11.3 Å². The lowest BCUT2D eigenvalue weighted by molar-refractivity contribution is 0.239. The van der Waals surface area contributed by atoms with Crippen molar-refractivity contribution in [3.63, 3.8) is 0 Å². The fourth-order valence-corrected chi connectivity index (χ4v) is 3.13. The van der Waals surface area contributed by atoms with Crippen LogP contribution in [0.3, 0.4) is 0 Å². The normalized spacial score (nSPS) is 17.6. The topological polar surface area (TPSA) is 38.5 Å². The minimum absolute atomic E-state index is 0.582. The molecule has 0 spiro atoms. The molecule has 0 amide bonds. The zero-order valence-corrected chi connectivity index (χ0v) is 11.9. The third-order valence-electron chi connectivity index (χ3n) is 3.46. The Morgan fingerprint density at radius 3 is 2.72 bits per heavy atom. The summed E-state index contributed by atoms with van der Waals surface area (Å²) in [5.41, 5.74) is 5.66. The monoisotopic (exact) mass is 268 g/mol. The molecule has 3 nitrogen and oxygen atoms in total. The Bertz CT molecular complexity index is 332. The number of hydrogen-bond donors (Lipinski definition) is 1. The van der Waals surface area contributed by atoms with Crippen LogP contribution in [0.2, 0.25) is 0 Å². The summed E-state index contributed by atoms with van der Waals surface area (Å²) in [6.07, 6.45) is 6.65. The van der Waals surface area contributed by atoms with E-state index in [1.807, 2.05) is 11.4 Å². The highest BCUT2D eigenvalue weighted by atomic mass is 32.1. The summed E-state index contributed by atoms with van der Waals surface area (Å²) in [7, 11) is 0. The van der Waals surface area contributed by atoms with Crippen LogP contribution in [0.1, 0.15) is 37.0 Å². The van der Waals surface area contributed by atoms with Crippen LogP contribution in [0.5, 0.6) is 5.75 Å². The molecule has 0 saturated carbocycles. The number of ether oxygens (including phenoxy) is 1. The van der Waals surface area contributed by atoms with Gasteiger partial charge >= 0.3 is 0 Å². The lowest BCUT2D eigenvalue weighted by Gasteiger charge is -2.19. The van der Waals surface area contributed by atoms with Crippen molar-refractivity contribution in [1.82, 2.24) is 4.90 Å². The van der Waals surface area contributed by atoms with Gasteiger partial charge in [-0.1, -0.05) is 12.8 Å². The summed E-state index contributed by atoms with van der Waals surface area (Å²) < 4.78 is 5.79. The van der Waals surface area contributed by atoms with Crippen molar-refractivity contribution in [3.05, 3.63) is 16.3 Å².